The summed E-state index contributed by atoms with van der Waals surface area (Å²) in [5.74, 6) is 1.48. The van der Waals surface area contributed by atoms with Gasteiger partial charge in [-0.2, -0.15) is 5.10 Å². The van der Waals surface area contributed by atoms with Crippen LogP contribution < -0.4 is 5.73 Å². The maximum atomic E-state index is 6.52. The van der Waals surface area contributed by atoms with Gasteiger partial charge in [0.1, 0.15) is 0 Å². The van der Waals surface area contributed by atoms with Crippen LogP contribution in [0.4, 0.5) is 0 Å². The molecule has 1 aromatic rings. The lowest BCUT2D eigenvalue weighted by Gasteiger charge is -2.32. The van der Waals surface area contributed by atoms with Gasteiger partial charge in [0.2, 0.25) is 0 Å². The third-order valence-electron chi connectivity index (χ3n) is 4.36. The molecule has 18 heavy (non-hydrogen) atoms. The number of aryl methyl sites for hydroxylation is 1. The van der Waals surface area contributed by atoms with Gasteiger partial charge in [0, 0.05) is 6.54 Å². The van der Waals surface area contributed by atoms with Crippen LogP contribution in [0.3, 0.4) is 0 Å². The first-order valence-electron chi connectivity index (χ1n) is 7.14. The number of nitrogens with zero attached hydrogens (tertiary/aromatic N) is 2. The molecule has 0 spiro atoms. The van der Waals surface area contributed by atoms with Crippen LogP contribution >= 0.6 is 15.9 Å². The minimum absolute atomic E-state index is 0.121. The van der Waals surface area contributed by atoms with Crippen molar-refractivity contribution in [2.75, 3.05) is 0 Å². The highest BCUT2D eigenvalue weighted by molar-refractivity contribution is 9.10. The van der Waals surface area contributed by atoms with Crippen LogP contribution in [-0.4, -0.2) is 9.78 Å². The zero-order valence-electron chi connectivity index (χ0n) is 11.4. The van der Waals surface area contributed by atoms with E-state index in [1.165, 1.54) is 37.8 Å². The van der Waals surface area contributed by atoms with Crippen molar-refractivity contribution in [2.45, 2.75) is 58.5 Å². The summed E-state index contributed by atoms with van der Waals surface area (Å²) in [6, 6.07) is 0.121. The fourth-order valence-corrected chi connectivity index (χ4v) is 3.77. The Bertz CT molecular complexity index is 388. The summed E-state index contributed by atoms with van der Waals surface area (Å²) in [6.45, 7) is 5.30. The Hall–Kier alpha value is -0.350. The second-order valence-electron chi connectivity index (χ2n) is 5.42. The number of halogens is 1. The second kappa shape index (κ2) is 6.20. The first-order valence-corrected chi connectivity index (χ1v) is 7.93. The van der Waals surface area contributed by atoms with Crippen LogP contribution in [0.1, 0.15) is 57.7 Å². The molecule has 1 fully saturated rings. The Labute approximate surface area is 118 Å². The molecule has 0 radical (unpaired) electrons. The lowest BCUT2D eigenvalue weighted by molar-refractivity contribution is 0.225. The van der Waals surface area contributed by atoms with Gasteiger partial charge >= 0.3 is 0 Å². The molecule has 4 heteroatoms. The van der Waals surface area contributed by atoms with Crippen molar-refractivity contribution >= 4 is 15.9 Å². The average molecular weight is 314 g/mol. The van der Waals surface area contributed by atoms with Crippen molar-refractivity contribution in [2.24, 2.45) is 17.6 Å². The molecule has 3 unspecified atom stereocenters. The average Bonchev–Trinajstić information content (AvgIpc) is 2.79. The summed E-state index contributed by atoms with van der Waals surface area (Å²) in [4.78, 5) is 0. The van der Waals surface area contributed by atoms with Crippen LogP contribution in [0, 0.1) is 11.8 Å². The van der Waals surface area contributed by atoms with Crippen molar-refractivity contribution < 1.29 is 0 Å². The van der Waals surface area contributed by atoms with E-state index in [4.69, 9.17) is 5.73 Å². The molecule has 1 aliphatic carbocycles. The van der Waals surface area contributed by atoms with Crippen LogP contribution in [0.2, 0.25) is 0 Å². The van der Waals surface area contributed by atoms with E-state index in [1.807, 2.05) is 10.9 Å². The van der Waals surface area contributed by atoms with E-state index in [-0.39, 0.29) is 6.04 Å². The highest BCUT2D eigenvalue weighted by Crippen LogP contribution is 2.38. The summed E-state index contributed by atoms with van der Waals surface area (Å²) in [6.07, 6.45) is 8.41. The molecule has 2 N–H and O–H groups in total. The Kier molecular flexibility index (Phi) is 4.84. The number of aromatic nitrogens is 2. The molecule has 3 nitrogen and oxygen atoms in total. The summed E-state index contributed by atoms with van der Waals surface area (Å²) in [7, 11) is 0. The van der Waals surface area contributed by atoms with Gasteiger partial charge in [-0.15, -0.1) is 0 Å². The minimum Gasteiger partial charge on any atom is -0.322 e. The summed E-state index contributed by atoms with van der Waals surface area (Å²) >= 11 is 3.59. The van der Waals surface area contributed by atoms with Crippen LogP contribution in [0.25, 0.3) is 0 Å². The molecule has 0 saturated heterocycles. The molecule has 1 aliphatic rings. The van der Waals surface area contributed by atoms with Crippen molar-refractivity contribution in [3.8, 4) is 0 Å². The minimum atomic E-state index is 0.121. The molecule has 1 aromatic heterocycles. The van der Waals surface area contributed by atoms with Gasteiger partial charge in [-0.25, -0.2) is 0 Å². The maximum absolute atomic E-state index is 6.52. The lowest BCUT2D eigenvalue weighted by atomic mass is 9.76. The zero-order chi connectivity index (χ0) is 13.1. The van der Waals surface area contributed by atoms with Crippen molar-refractivity contribution in [3.63, 3.8) is 0 Å². The van der Waals surface area contributed by atoms with Crippen LogP contribution in [-0.2, 0) is 6.54 Å². The van der Waals surface area contributed by atoms with Gasteiger partial charge in [-0.1, -0.05) is 26.2 Å². The monoisotopic (exact) mass is 313 g/mol. The zero-order valence-corrected chi connectivity index (χ0v) is 13.0. The molecule has 1 heterocycles. The Morgan fingerprint density at radius 2 is 2.28 bits per heavy atom. The summed E-state index contributed by atoms with van der Waals surface area (Å²) in [5, 5.41) is 4.38. The molecular weight excluding hydrogens is 290 g/mol. The fraction of sp³-hybridized carbons (Fsp3) is 0.786. The number of nitrogens with two attached hydrogens (primary N) is 1. The molecular formula is C14H24BrN3. The van der Waals surface area contributed by atoms with E-state index in [0.717, 1.165) is 16.9 Å². The predicted octanol–water partition coefficient (Wildman–Crippen LogP) is 3.88. The smallest absolute Gasteiger partial charge is 0.0696 e. The SMILES string of the molecule is CCC1CCCC(C(N)c2c(Br)cnn2CC)C1. The van der Waals surface area contributed by atoms with E-state index < -0.39 is 0 Å². The second-order valence-corrected chi connectivity index (χ2v) is 6.27. The molecule has 1 saturated carbocycles. The quantitative estimate of drug-likeness (QED) is 0.916. The number of hydrogen-bond donors (Lipinski definition) is 1. The molecule has 0 bridgehead atoms. The Morgan fingerprint density at radius 3 is 2.94 bits per heavy atom. The molecule has 3 atom stereocenters. The van der Waals surface area contributed by atoms with E-state index in [9.17, 15) is 0 Å². The Morgan fingerprint density at radius 1 is 1.50 bits per heavy atom. The van der Waals surface area contributed by atoms with Crippen LogP contribution in [0.15, 0.2) is 10.7 Å². The van der Waals surface area contributed by atoms with E-state index in [1.54, 1.807) is 0 Å². The third-order valence-corrected chi connectivity index (χ3v) is 4.97. The molecule has 0 aromatic carbocycles. The van der Waals surface area contributed by atoms with Gasteiger partial charge < -0.3 is 5.73 Å². The molecule has 2 rings (SSSR count). The highest BCUT2D eigenvalue weighted by Gasteiger charge is 2.29. The standard InChI is InChI=1S/C14H24BrN3/c1-3-10-6-5-7-11(8-10)13(16)14-12(15)9-17-18(14)4-2/h9-11,13H,3-8,16H2,1-2H3. The van der Waals surface area contributed by atoms with Gasteiger partial charge in [-0.05, 0) is 47.5 Å². The first-order chi connectivity index (χ1) is 8.67. The van der Waals surface area contributed by atoms with E-state index >= 15 is 0 Å². The van der Waals surface area contributed by atoms with Crippen molar-refractivity contribution in [3.05, 3.63) is 16.4 Å². The largest absolute Gasteiger partial charge is 0.322 e. The fourth-order valence-electron chi connectivity index (χ4n) is 3.21. The van der Waals surface area contributed by atoms with E-state index in [2.05, 4.69) is 34.9 Å². The first kappa shape index (κ1) is 14.1. The van der Waals surface area contributed by atoms with Gasteiger partial charge in [-0.3, -0.25) is 4.68 Å². The number of hydrogen-bond acceptors (Lipinski definition) is 2. The molecule has 0 aliphatic heterocycles. The van der Waals surface area contributed by atoms with Gasteiger partial charge in [0.05, 0.1) is 22.4 Å². The van der Waals surface area contributed by atoms with E-state index in [0.29, 0.717) is 5.92 Å². The van der Waals surface area contributed by atoms with Gasteiger partial charge in [0.25, 0.3) is 0 Å². The topological polar surface area (TPSA) is 43.8 Å². The Balaban J connectivity index is 2.14. The van der Waals surface area contributed by atoms with Crippen molar-refractivity contribution in [1.29, 1.82) is 0 Å². The third kappa shape index (κ3) is 2.80. The predicted molar refractivity (Wildman–Crippen MR) is 78.3 cm³/mol. The summed E-state index contributed by atoms with van der Waals surface area (Å²) in [5.41, 5.74) is 7.70. The molecule has 102 valence electrons. The lowest BCUT2D eigenvalue weighted by Crippen LogP contribution is -2.29. The van der Waals surface area contributed by atoms with Gasteiger partial charge in [0.15, 0.2) is 0 Å². The normalized spacial score (nSPS) is 26.2. The van der Waals surface area contributed by atoms with Crippen molar-refractivity contribution in [1.82, 2.24) is 9.78 Å². The van der Waals surface area contributed by atoms with Crippen LogP contribution in [0.5, 0.6) is 0 Å². The highest BCUT2D eigenvalue weighted by atomic mass is 79.9. The number of rotatable bonds is 4. The maximum Gasteiger partial charge on any atom is 0.0696 e. The summed E-state index contributed by atoms with van der Waals surface area (Å²) < 4.78 is 3.10. The molecule has 0 amide bonds.